The van der Waals surface area contributed by atoms with Crippen molar-refractivity contribution in [3.05, 3.63) is 48.0 Å². The normalized spacial score (nSPS) is 30.9. The van der Waals surface area contributed by atoms with Crippen LogP contribution in [0.1, 0.15) is 24.3 Å². The minimum Gasteiger partial charge on any atom is -0.306 e. The second-order valence-corrected chi connectivity index (χ2v) is 6.48. The van der Waals surface area contributed by atoms with Crippen LogP contribution in [0.15, 0.2) is 42.5 Å². The summed E-state index contributed by atoms with van der Waals surface area (Å²) in [5.41, 5.74) is 1.59. The molecular weight excluding hydrogens is 230 g/mol. The Kier molecular flexibility index (Phi) is 2.63. The fraction of sp³-hybridized carbons (Fsp3) is 0.444. The molecule has 2 aromatic rings. The number of hydrogen-bond acceptors (Lipinski definition) is 1. The molecule has 0 N–H and O–H groups in total. The second-order valence-electron chi connectivity index (χ2n) is 6.48. The Hall–Kier alpha value is -1.34. The Morgan fingerprint density at radius 2 is 1.58 bits per heavy atom. The predicted molar refractivity (Wildman–Crippen MR) is 80.4 cm³/mol. The largest absolute Gasteiger partial charge is 0.306 e. The van der Waals surface area contributed by atoms with E-state index in [1.54, 1.807) is 5.56 Å². The van der Waals surface area contributed by atoms with E-state index in [1.165, 1.54) is 36.7 Å². The van der Waals surface area contributed by atoms with Crippen LogP contribution in [0.5, 0.6) is 0 Å². The van der Waals surface area contributed by atoms with Gasteiger partial charge in [-0.15, -0.1) is 0 Å². The molecule has 2 unspecified atom stereocenters. The molecule has 1 saturated heterocycles. The molecule has 0 amide bonds. The zero-order valence-electron chi connectivity index (χ0n) is 11.5. The third-order valence-electron chi connectivity index (χ3n) is 5.20. The van der Waals surface area contributed by atoms with Gasteiger partial charge < -0.3 is 4.90 Å². The van der Waals surface area contributed by atoms with Gasteiger partial charge in [-0.2, -0.15) is 0 Å². The quantitative estimate of drug-likeness (QED) is 0.743. The van der Waals surface area contributed by atoms with E-state index in [0.29, 0.717) is 0 Å². The Balaban J connectivity index is 1.69. The first kappa shape index (κ1) is 11.5. The minimum atomic E-state index is 0.787. The van der Waals surface area contributed by atoms with Gasteiger partial charge in [-0.05, 0) is 54.0 Å². The van der Waals surface area contributed by atoms with Crippen molar-refractivity contribution in [2.75, 3.05) is 20.1 Å². The van der Waals surface area contributed by atoms with Crippen LogP contribution >= 0.6 is 0 Å². The molecular formula is C18H21N. The summed E-state index contributed by atoms with van der Waals surface area (Å²) in [6, 6.07) is 15.7. The van der Waals surface area contributed by atoms with Crippen molar-refractivity contribution >= 4 is 10.8 Å². The lowest BCUT2D eigenvalue weighted by Gasteiger charge is -2.16. The summed E-state index contributed by atoms with van der Waals surface area (Å²) in [6.45, 7) is 2.62. The van der Waals surface area contributed by atoms with E-state index in [0.717, 1.165) is 17.8 Å². The fourth-order valence-corrected chi connectivity index (χ4v) is 4.39. The van der Waals surface area contributed by atoms with Crippen molar-refractivity contribution < 1.29 is 0 Å². The number of nitrogens with zero attached hydrogens (tertiary/aromatic N) is 1. The van der Waals surface area contributed by atoms with E-state index in [4.69, 9.17) is 0 Å². The van der Waals surface area contributed by atoms with Gasteiger partial charge in [-0.1, -0.05) is 42.5 Å². The molecule has 0 aromatic heterocycles. The van der Waals surface area contributed by atoms with Crippen LogP contribution in [-0.4, -0.2) is 25.0 Å². The topological polar surface area (TPSA) is 3.24 Å². The van der Waals surface area contributed by atoms with Gasteiger partial charge in [-0.3, -0.25) is 0 Å². The van der Waals surface area contributed by atoms with E-state index in [2.05, 4.69) is 54.4 Å². The summed E-state index contributed by atoms with van der Waals surface area (Å²) in [4.78, 5) is 2.51. The molecule has 2 atom stereocenters. The molecule has 0 radical (unpaired) electrons. The number of benzene rings is 2. The van der Waals surface area contributed by atoms with Crippen LogP contribution in [0.3, 0.4) is 0 Å². The van der Waals surface area contributed by atoms with E-state index < -0.39 is 0 Å². The van der Waals surface area contributed by atoms with Gasteiger partial charge >= 0.3 is 0 Å². The Morgan fingerprint density at radius 1 is 0.895 bits per heavy atom. The molecule has 1 heterocycles. The third kappa shape index (κ3) is 1.88. The molecule has 0 bridgehead atoms. The van der Waals surface area contributed by atoms with Crippen LogP contribution < -0.4 is 0 Å². The zero-order valence-corrected chi connectivity index (χ0v) is 11.5. The summed E-state index contributed by atoms with van der Waals surface area (Å²) >= 11 is 0. The van der Waals surface area contributed by atoms with Gasteiger partial charge in [0.15, 0.2) is 0 Å². The van der Waals surface area contributed by atoms with Crippen LogP contribution in [0.25, 0.3) is 10.8 Å². The summed E-state index contributed by atoms with van der Waals surface area (Å²) < 4.78 is 0. The lowest BCUT2D eigenvalue weighted by atomic mass is 9.91. The van der Waals surface area contributed by atoms with Crippen molar-refractivity contribution in [1.82, 2.24) is 4.90 Å². The third-order valence-corrected chi connectivity index (χ3v) is 5.20. The number of likely N-dealkylation sites (tertiary alicyclic amines) is 1. The average molecular weight is 251 g/mol. The van der Waals surface area contributed by atoms with Crippen molar-refractivity contribution in [2.45, 2.75) is 18.8 Å². The first-order chi connectivity index (χ1) is 9.31. The first-order valence-electron chi connectivity index (χ1n) is 7.47. The highest BCUT2D eigenvalue weighted by Gasteiger charge is 2.40. The van der Waals surface area contributed by atoms with Gasteiger partial charge in [0.05, 0.1) is 0 Å². The molecule has 4 rings (SSSR count). The van der Waals surface area contributed by atoms with Gasteiger partial charge in [-0.25, -0.2) is 0 Å². The van der Waals surface area contributed by atoms with Gasteiger partial charge in [0.2, 0.25) is 0 Å². The fourth-order valence-electron chi connectivity index (χ4n) is 4.39. The molecule has 1 aliphatic carbocycles. The minimum absolute atomic E-state index is 0.787. The van der Waals surface area contributed by atoms with E-state index in [1.807, 2.05) is 0 Å². The number of fused-ring (bicyclic) bond motifs is 2. The molecule has 19 heavy (non-hydrogen) atoms. The molecule has 98 valence electrons. The van der Waals surface area contributed by atoms with Crippen LogP contribution in [0.2, 0.25) is 0 Å². The number of rotatable bonds is 1. The van der Waals surface area contributed by atoms with Crippen LogP contribution in [0.4, 0.5) is 0 Å². The average Bonchev–Trinajstić information content (AvgIpc) is 2.95. The SMILES string of the molecule is CN1CC2CC(c3cccc4ccccc34)CC2C1. The number of hydrogen-bond donors (Lipinski definition) is 0. The standard InChI is InChI=1S/C18H21N/c1-19-11-15-9-14(10-16(15)12-19)18-8-4-6-13-5-2-3-7-17(13)18/h2-8,14-16H,9-12H2,1H3. The second kappa shape index (κ2) is 4.35. The van der Waals surface area contributed by atoms with Crippen molar-refractivity contribution in [2.24, 2.45) is 11.8 Å². The highest BCUT2D eigenvalue weighted by molar-refractivity contribution is 5.86. The van der Waals surface area contributed by atoms with Gasteiger partial charge in [0.1, 0.15) is 0 Å². The van der Waals surface area contributed by atoms with E-state index >= 15 is 0 Å². The van der Waals surface area contributed by atoms with Crippen molar-refractivity contribution in [1.29, 1.82) is 0 Å². The summed E-state index contributed by atoms with van der Waals surface area (Å²) in [7, 11) is 2.27. The monoisotopic (exact) mass is 251 g/mol. The molecule has 2 fully saturated rings. The summed E-state index contributed by atoms with van der Waals surface area (Å²) in [5.74, 6) is 2.66. The maximum atomic E-state index is 2.51. The van der Waals surface area contributed by atoms with Crippen LogP contribution in [-0.2, 0) is 0 Å². The molecule has 1 aliphatic heterocycles. The predicted octanol–water partition coefficient (Wildman–Crippen LogP) is 3.90. The molecule has 2 aromatic carbocycles. The molecule has 0 spiro atoms. The zero-order chi connectivity index (χ0) is 12.8. The maximum Gasteiger partial charge on any atom is 0.00101 e. The highest BCUT2D eigenvalue weighted by Crippen LogP contribution is 2.47. The Labute approximate surface area is 115 Å². The highest BCUT2D eigenvalue weighted by atomic mass is 15.1. The first-order valence-corrected chi connectivity index (χ1v) is 7.47. The van der Waals surface area contributed by atoms with Gasteiger partial charge in [0, 0.05) is 13.1 Å². The van der Waals surface area contributed by atoms with Gasteiger partial charge in [0.25, 0.3) is 0 Å². The molecule has 1 nitrogen and oxygen atoms in total. The van der Waals surface area contributed by atoms with Crippen LogP contribution in [0, 0.1) is 11.8 Å². The van der Waals surface area contributed by atoms with Crippen molar-refractivity contribution in [3.63, 3.8) is 0 Å². The molecule has 1 saturated carbocycles. The Bertz CT molecular complexity index is 584. The molecule has 1 heteroatoms. The molecule has 2 aliphatic rings. The smallest absolute Gasteiger partial charge is 0.00101 e. The maximum absolute atomic E-state index is 2.51. The van der Waals surface area contributed by atoms with E-state index in [9.17, 15) is 0 Å². The van der Waals surface area contributed by atoms with E-state index in [-0.39, 0.29) is 0 Å². The summed E-state index contributed by atoms with van der Waals surface area (Å²) in [6.07, 6.45) is 2.78. The lowest BCUT2D eigenvalue weighted by molar-refractivity contribution is 0.372. The Morgan fingerprint density at radius 3 is 2.37 bits per heavy atom. The lowest BCUT2D eigenvalue weighted by Crippen LogP contribution is -2.16. The summed E-state index contributed by atoms with van der Waals surface area (Å²) in [5, 5.41) is 2.87. The van der Waals surface area contributed by atoms with Crippen molar-refractivity contribution in [3.8, 4) is 0 Å².